The summed E-state index contributed by atoms with van der Waals surface area (Å²) in [6.07, 6.45) is -0.0422. The highest BCUT2D eigenvalue weighted by Gasteiger charge is 2.21. The van der Waals surface area contributed by atoms with Crippen molar-refractivity contribution in [2.75, 3.05) is 14.2 Å². The molecule has 0 fully saturated rings. The Morgan fingerprint density at radius 2 is 1.67 bits per heavy atom. The fourth-order valence-corrected chi connectivity index (χ4v) is 1.64. The Bertz CT molecular complexity index is 485. The summed E-state index contributed by atoms with van der Waals surface area (Å²) in [7, 11) is 3.02. The van der Waals surface area contributed by atoms with Crippen molar-refractivity contribution in [1.29, 1.82) is 0 Å². The van der Waals surface area contributed by atoms with Gasteiger partial charge in [0, 0.05) is 6.07 Å². The highest BCUT2D eigenvalue weighted by atomic mass is 16.6. The third-order valence-electron chi connectivity index (χ3n) is 2.54. The maximum atomic E-state index is 11.8. The molecular formula is C15H21NO5. The summed E-state index contributed by atoms with van der Waals surface area (Å²) in [5, 5.41) is 2.50. The first-order chi connectivity index (χ1) is 9.78. The van der Waals surface area contributed by atoms with Crippen LogP contribution in [0.1, 0.15) is 32.4 Å². The van der Waals surface area contributed by atoms with Gasteiger partial charge in [0.15, 0.2) is 0 Å². The lowest BCUT2D eigenvalue weighted by molar-refractivity contribution is -0.109. The third kappa shape index (κ3) is 5.33. The minimum Gasteiger partial charge on any atom is -0.497 e. The number of hydrogen-bond acceptors (Lipinski definition) is 5. The number of alkyl carbamates (subject to hydrolysis) is 1. The predicted molar refractivity (Wildman–Crippen MR) is 77.7 cm³/mol. The molecule has 1 atom stereocenters. The fraction of sp³-hybridized carbons (Fsp3) is 0.467. The van der Waals surface area contributed by atoms with Crippen molar-refractivity contribution in [3.8, 4) is 11.5 Å². The molecule has 6 nitrogen and oxygen atoms in total. The van der Waals surface area contributed by atoms with Gasteiger partial charge in [0.05, 0.1) is 14.2 Å². The summed E-state index contributed by atoms with van der Waals surface area (Å²) in [6.45, 7) is 5.24. The zero-order valence-electron chi connectivity index (χ0n) is 12.9. The van der Waals surface area contributed by atoms with Crippen LogP contribution < -0.4 is 14.8 Å². The molecule has 0 bridgehead atoms. The van der Waals surface area contributed by atoms with Gasteiger partial charge in [-0.25, -0.2) is 4.79 Å². The molecule has 0 aliphatic carbocycles. The number of carbonyl (C=O) groups excluding carboxylic acids is 2. The van der Waals surface area contributed by atoms with Gasteiger partial charge in [-0.1, -0.05) is 0 Å². The van der Waals surface area contributed by atoms with Gasteiger partial charge < -0.3 is 24.3 Å². The monoisotopic (exact) mass is 295 g/mol. The van der Waals surface area contributed by atoms with Crippen LogP contribution in [-0.2, 0) is 9.53 Å². The van der Waals surface area contributed by atoms with E-state index >= 15 is 0 Å². The van der Waals surface area contributed by atoms with Crippen molar-refractivity contribution in [3.63, 3.8) is 0 Å². The van der Waals surface area contributed by atoms with Crippen molar-refractivity contribution in [1.82, 2.24) is 5.32 Å². The number of rotatable bonds is 5. The van der Waals surface area contributed by atoms with Crippen LogP contribution in [0, 0.1) is 0 Å². The summed E-state index contributed by atoms with van der Waals surface area (Å²) >= 11 is 0. The molecule has 1 unspecified atom stereocenters. The molecule has 116 valence electrons. The van der Waals surface area contributed by atoms with Gasteiger partial charge in [-0.05, 0) is 38.5 Å². The Morgan fingerprint density at radius 3 is 2.05 bits per heavy atom. The number of carbonyl (C=O) groups is 2. The van der Waals surface area contributed by atoms with Gasteiger partial charge in [0.25, 0.3) is 0 Å². The van der Waals surface area contributed by atoms with Crippen LogP contribution in [0.4, 0.5) is 4.79 Å². The number of amides is 1. The topological polar surface area (TPSA) is 73.9 Å². The van der Waals surface area contributed by atoms with Crippen molar-refractivity contribution < 1.29 is 23.8 Å². The average molecular weight is 295 g/mol. The zero-order valence-corrected chi connectivity index (χ0v) is 12.9. The van der Waals surface area contributed by atoms with Crippen molar-refractivity contribution >= 4 is 12.4 Å². The quantitative estimate of drug-likeness (QED) is 0.845. The lowest BCUT2D eigenvalue weighted by Crippen LogP contribution is -2.35. The molecule has 0 heterocycles. The fourth-order valence-electron chi connectivity index (χ4n) is 1.64. The third-order valence-corrected chi connectivity index (χ3v) is 2.54. The minimum absolute atomic E-state index is 0.530. The Kier molecular flexibility index (Phi) is 5.58. The summed E-state index contributed by atoms with van der Waals surface area (Å²) < 4.78 is 15.4. The van der Waals surface area contributed by atoms with Crippen LogP contribution in [0.25, 0.3) is 0 Å². The highest BCUT2D eigenvalue weighted by Crippen LogP contribution is 2.26. The van der Waals surface area contributed by atoms with E-state index < -0.39 is 17.7 Å². The second-order valence-corrected chi connectivity index (χ2v) is 5.41. The normalized spacial score (nSPS) is 12.2. The standard InChI is InChI=1S/C15H21NO5/c1-15(2,3)21-14(18)16-13(9-17)10-6-11(19-4)8-12(7-10)20-5/h6-9,13H,1-5H3,(H,16,18). The molecule has 0 aliphatic heterocycles. The molecular weight excluding hydrogens is 274 g/mol. The Morgan fingerprint density at radius 1 is 1.14 bits per heavy atom. The van der Waals surface area contributed by atoms with Gasteiger partial charge in [-0.3, -0.25) is 0 Å². The number of ether oxygens (including phenoxy) is 3. The van der Waals surface area contributed by atoms with E-state index in [0.29, 0.717) is 23.3 Å². The summed E-state index contributed by atoms with van der Waals surface area (Å²) in [4.78, 5) is 23.0. The van der Waals surface area contributed by atoms with E-state index in [0.717, 1.165) is 0 Å². The van der Waals surface area contributed by atoms with Gasteiger partial charge in [-0.2, -0.15) is 0 Å². The number of benzene rings is 1. The largest absolute Gasteiger partial charge is 0.497 e. The lowest BCUT2D eigenvalue weighted by atomic mass is 10.1. The van der Waals surface area contributed by atoms with Crippen LogP contribution >= 0.6 is 0 Å². The predicted octanol–water partition coefficient (Wildman–Crippen LogP) is 2.47. The van der Waals surface area contributed by atoms with Crippen LogP contribution in [0.5, 0.6) is 11.5 Å². The first-order valence-electron chi connectivity index (χ1n) is 6.47. The number of methoxy groups -OCH3 is 2. The van der Waals surface area contributed by atoms with Gasteiger partial charge >= 0.3 is 6.09 Å². The molecule has 1 N–H and O–H groups in total. The molecule has 1 rings (SSSR count). The van der Waals surface area contributed by atoms with Crippen molar-refractivity contribution in [2.24, 2.45) is 0 Å². The Hall–Kier alpha value is -2.24. The van der Waals surface area contributed by atoms with Crippen LogP contribution in [0.2, 0.25) is 0 Å². The molecule has 0 aromatic heterocycles. The van der Waals surface area contributed by atoms with E-state index in [2.05, 4.69) is 5.32 Å². The Labute approximate surface area is 124 Å². The molecule has 1 amide bonds. The number of aldehydes is 1. The van der Waals surface area contributed by atoms with Crippen LogP contribution in [0.3, 0.4) is 0 Å². The average Bonchev–Trinajstić information content (AvgIpc) is 2.42. The minimum atomic E-state index is -0.844. The summed E-state index contributed by atoms with van der Waals surface area (Å²) in [6, 6.07) is 4.14. The molecule has 0 aliphatic rings. The van der Waals surface area contributed by atoms with Gasteiger partial charge in [0.1, 0.15) is 29.4 Å². The SMILES string of the molecule is COc1cc(OC)cc(C(C=O)NC(=O)OC(C)(C)C)c1. The summed E-state index contributed by atoms with van der Waals surface area (Å²) in [5.41, 5.74) is -0.0871. The first-order valence-corrected chi connectivity index (χ1v) is 6.47. The first kappa shape index (κ1) is 16.8. The molecule has 0 spiro atoms. The molecule has 0 radical (unpaired) electrons. The van der Waals surface area contributed by atoms with E-state index in [1.807, 2.05) is 0 Å². The van der Waals surface area contributed by atoms with E-state index in [1.54, 1.807) is 39.0 Å². The van der Waals surface area contributed by atoms with E-state index in [4.69, 9.17) is 14.2 Å². The number of nitrogens with one attached hydrogen (secondary N) is 1. The van der Waals surface area contributed by atoms with Gasteiger partial charge in [-0.15, -0.1) is 0 Å². The van der Waals surface area contributed by atoms with E-state index in [1.165, 1.54) is 14.2 Å². The molecule has 1 aromatic carbocycles. The molecule has 1 aromatic rings. The van der Waals surface area contributed by atoms with Crippen molar-refractivity contribution in [3.05, 3.63) is 23.8 Å². The van der Waals surface area contributed by atoms with Crippen LogP contribution in [-0.4, -0.2) is 32.2 Å². The van der Waals surface area contributed by atoms with E-state index in [-0.39, 0.29) is 0 Å². The maximum Gasteiger partial charge on any atom is 0.408 e. The molecule has 6 heteroatoms. The molecule has 21 heavy (non-hydrogen) atoms. The molecule has 0 saturated heterocycles. The second kappa shape index (κ2) is 6.97. The maximum absolute atomic E-state index is 11.8. The highest BCUT2D eigenvalue weighted by molar-refractivity contribution is 5.75. The molecule has 0 saturated carbocycles. The number of hydrogen-bond donors (Lipinski definition) is 1. The Balaban J connectivity index is 2.94. The smallest absolute Gasteiger partial charge is 0.408 e. The van der Waals surface area contributed by atoms with Gasteiger partial charge in [0.2, 0.25) is 0 Å². The lowest BCUT2D eigenvalue weighted by Gasteiger charge is -2.22. The van der Waals surface area contributed by atoms with E-state index in [9.17, 15) is 9.59 Å². The summed E-state index contributed by atoms with van der Waals surface area (Å²) in [5.74, 6) is 1.06. The second-order valence-electron chi connectivity index (χ2n) is 5.41. The van der Waals surface area contributed by atoms with Crippen LogP contribution in [0.15, 0.2) is 18.2 Å². The zero-order chi connectivity index (χ0) is 16.0. The van der Waals surface area contributed by atoms with Crippen molar-refractivity contribution in [2.45, 2.75) is 32.4 Å².